The standard InChI is InChI=1S/C14H21NO4/c1-14(2,18-4)8-9-19-11-7-5-6-10(15)12(11)13(16)17-3/h5-7H,8-9,15H2,1-4H3. The first-order valence-corrected chi connectivity index (χ1v) is 6.06. The molecule has 0 amide bonds. The summed E-state index contributed by atoms with van der Waals surface area (Å²) in [6.07, 6.45) is 0.693. The van der Waals surface area contributed by atoms with Crippen molar-refractivity contribution in [1.82, 2.24) is 0 Å². The van der Waals surface area contributed by atoms with Crippen LogP contribution in [0.15, 0.2) is 18.2 Å². The molecule has 19 heavy (non-hydrogen) atoms. The van der Waals surface area contributed by atoms with Crippen LogP contribution >= 0.6 is 0 Å². The van der Waals surface area contributed by atoms with E-state index in [-0.39, 0.29) is 11.2 Å². The first-order chi connectivity index (χ1) is 8.91. The minimum atomic E-state index is -0.501. The van der Waals surface area contributed by atoms with Gasteiger partial charge in [0.1, 0.15) is 11.3 Å². The second kappa shape index (κ2) is 6.43. The Hall–Kier alpha value is -1.75. The first kappa shape index (κ1) is 15.3. The second-order valence-electron chi connectivity index (χ2n) is 4.77. The molecule has 0 fully saturated rings. The second-order valence-corrected chi connectivity index (χ2v) is 4.77. The van der Waals surface area contributed by atoms with E-state index in [4.69, 9.17) is 19.9 Å². The van der Waals surface area contributed by atoms with Crippen LogP contribution in [-0.4, -0.2) is 32.4 Å². The van der Waals surface area contributed by atoms with Crippen molar-refractivity contribution in [3.63, 3.8) is 0 Å². The summed E-state index contributed by atoms with van der Waals surface area (Å²) in [6.45, 7) is 4.36. The van der Waals surface area contributed by atoms with E-state index in [1.165, 1.54) is 7.11 Å². The maximum atomic E-state index is 11.7. The van der Waals surface area contributed by atoms with Crippen molar-refractivity contribution in [3.05, 3.63) is 23.8 Å². The molecule has 0 saturated heterocycles. The summed E-state index contributed by atoms with van der Waals surface area (Å²) in [7, 11) is 2.97. The van der Waals surface area contributed by atoms with Gasteiger partial charge in [-0.25, -0.2) is 4.79 Å². The summed E-state index contributed by atoms with van der Waals surface area (Å²) in [5, 5.41) is 0. The molecule has 0 radical (unpaired) electrons. The highest BCUT2D eigenvalue weighted by Crippen LogP contribution is 2.26. The van der Waals surface area contributed by atoms with Crippen molar-refractivity contribution in [2.24, 2.45) is 0 Å². The van der Waals surface area contributed by atoms with Crippen molar-refractivity contribution in [1.29, 1.82) is 0 Å². The number of hydrogen-bond donors (Lipinski definition) is 1. The van der Waals surface area contributed by atoms with E-state index in [0.29, 0.717) is 24.5 Å². The number of carbonyl (C=O) groups is 1. The highest BCUT2D eigenvalue weighted by atomic mass is 16.5. The van der Waals surface area contributed by atoms with Crippen molar-refractivity contribution in [2.75, 3.05) is 26.6 Å². The zero-order valence-corrected chi connectivity index (χ0v) is 11.9. The Balaban J connectivity index is 2.79. The third-order valence-corrected chi connectivity index (χ3v) is 2.96. The summed E-state index contributed by atoms with van der Waals surface area (Å²) in [5.74, 6) is -0.0714. The SMILES string of the molecule is COC(=O)c1c(N)cccc1OCCC(C)(C)OC. The summed E-state index contributed by atoms with van der Waals surface area (Å²) in [6, 6.07) is 5.07. The van der Waals surface area contributed by atoms with Gasteiger partial charge in [-0.1, -0.05) is 6.07 Å². The Labute approximate surface area is 113 Å². The molecule has 0 atom stereocenters. The number of hydrogen-bond acceptors (Lipinski definition) is 5. The molecule has 0 saturated carbocycles. The first-order valence-electron chi connectivity index (χ1n) is 6.06. The monoisotopic (exact) mass is 267 g/mol. The van der Waals surface area contributed by atoms with E-state index in [1.807, 2.05) is 13.8 Å². The third kappa shape index (κ3) is 4.13. The molecule has 1 aromatic rings. The molecule has 0 aromatic heterocycles. The van der Waals surface area contributed by atoms with Gasteiger partial charge in [0, 0.05) is 19.2 Å². The van der Waals surface area contributed by atoms with E-state index < -0.39 is 5.97 Å². The van der Waals surface area contributed by atoms with Crippen molar-refractivity contribution < 1.29 is 19.0 Å². The predicted molar refractivity (Wildman–Crippen MR) is 73.4 cm³/mol. The highest BCUT2D eigenvalue weighted by molar-refractivity contribution is 5.98. The largest absolute Gasteiger partial charge is 0.492 e. The summed E-state index contributed by atoms with van der Waals surface area (Å²) in [4.78, 5) is 11.7. The normalized spacial score (nSPS) is 11.2. The average Bonchev–Trinajstić information content (AvgIpc) is 2.38. The van der Waals surface area contributed by atoms with Crippen molar-refractivity contribution >= 4 is 11.7 Å². The van der Waals surface area contributed by atoms with Gasteiger partial charge in [-0.2, -0.15) is 0 Å². The smallest absolute Gasteiger partial charge is 0.343 e. The van der Waals surface area contributed by atoms with Gasteiger partial charge in [0.15, 0.2) is 0 Å². The van der Waals surface area contributed by atoms with Gasteiger partial charge in [0.25, 0.3) is 0 Å². The quantitative estimate of drug-likeness (QED) is 0.632. The molecule has 0 unspecified atom stereocenters. The van der Waals surface area contributed by atoms with Gasteiger partial charge >= 0.3 is 5.97 Å². The summed E-state index contributed by atoms with van der Waals surface area (Å²) >= 11 is 0. The molecule has 2 N–H and O–H groups in total. The Morgan fingerprint density at radius 3 is 2.58 bits per heavy atom. The number of anilines is 1. The number of nitrogen functional groups attached to an aromatic ring is 1. The number of nitrogens with two attached hydrogens (primary N) is 1. The van der Waals surface area contributed by atoms with E-state index in [0.717, 1.165) is 0 Å². The number of esters is 1. The maximum absolute atomic E-state index is 11.7. The van der Waals surface area contributed by atoms with Gasteiger partial charge in [0.05, 0.1) is 19.3 Å². The number of carbonyl (C=O) groups excluding carboxylic acids is 1. The van der Waals surface area contributed by atoms with E-state index in [9.17, 15) is 4.79 Å². The highest BCUT2D eigenvalue weighted by Gasteiger charge is 2.19. The molecular weight excluding hydrogens is 246 g/mol. The molecule has 0 aliphatic carbocycles. The van der Waals surface area contributed by atoms with Gasteiger partial charge in [-0.05, 0) is 26.0 Å². The Morgan fingerprint density at radius 2 is 2.00 bits per heavy atom. The lowest BCUT2D eigenvalue weighted by Crippen LogP contribution is -2.25. The van der Waals surface area contributed by atoms with Crippen molar-refractivity contribution in [2.45, 2.75) is 25.9 Å². The molecule has 0 heterocycles. The molecule has 0 spiro atoms. The average molecular weight is 267 g/mol. The maximum Gasteiger partial charge on any atom is 0.343 e. The van der Waals surface area contributed by atoms with Gasteiger partial charge in [0.2, 0.25) is 0 Å². The van der Waals surface area contributed by atoms with Gasteiger partial charge < -0.3 is 19.9 Å². The zero-order chi connectivity index (χ0) is 14.5. The minimum Gasteiger partial charge on any atom is -0.492 e. The fourth-order valence-corrected chi connectivity index (χ4v) is 1.50. The Morgan fingerprint density at radius 1 is 1.32 bits per heavy atom. The fraction of sp³-hybridized carbons (Fsp3) is 0.500. The summed E-state index contributed by atoms with van der Waals surface area (Å²) in [5.41, 5.74) is 6.11. The van der Waals surface area contributed by atoms with Crippen LogP contribution in [0.5, 0.6) is 5.75 Å². The van der Waals surface area contributed by atoms with Crippen LogP contribution in [0.25, 0.3) is 0 Å². The lowest BCUT2D eigenvalue weighted by Gasteiger charge is -2.23. The topological polar surface area (TPSA) is 70.8 Å². The van der Waals surface area contributed by atoms with E-state index in [1.54, 1.807) is 25.3 Å². The molecule has 0 aliphatic heterocycles. The van der Waals surface area contributed by atoms with Crippen LogP contribution in [0.4, 0.5) is 5.69 Å². The number of rotatable bonds is 6. The van der Waals surface area contributed by atoms with E-state index >= 15 is 0 Å². The summed E-state index contributed by atoms with van der Waals surface area (Å²) < 4.78 is 15.6. The van der Waals surface area contributed by atoms with Gasteiger partial charge in [-0.3, -0.25) is 0 Å². The lowest BCUT2D eigenvalue weighted by atomic mass is 10.1. The number of methoxy groups -OCH3 is 2. The van der Waals surface area contributed by atoms with E-state index in [2.05, 4.69) is 0 Å². The van der Waals surface area contributed by atoms with Gasteiger partial charge in [-0.15, -0.1) is 0 Å². The third-order valence-electron chi connectivity index (χ3n) is 2.96. The van der Waals surface area contributed by atoms with Crippen LogP contribution in [-0.2, 0) is 9.47 Å². The number of benzene rings is 1. The van der Waals surface area contributed by atoms with Crippen LogP contribution in [0.3, 0.4) is 0 Å². The molecule has 0 aliphatic rings. The van der Waals surface area contributed by atoms with Crippen LogP contribution in [0.2, 0.25) is 0 Å². The van der Waals surface area contributed by atoms with Crippen LogP contribution < -0.4 is 10.5 Å². The predicted octanol–water partition coefficient (Wildman–Crippen LogP) is 2.25. The van der Waals surface area contributed by atoms with Crippen molar-refractivity contribution in [3.8, 4) is 5.75 Å². The Bertz CT molecular complexity index is 443. The molecular formula is C14H21NO4. The molecule has 106 valence electrons. The van der Waals surface area contributed by atoms with Crippen LogP contribution in [0, 0.1) is 0 Å². The molecule has 1 rings (SSSR count). The Kier molecular flexibility index (Phi) is 5.18. The van der Waals surface area contributed by atoms with Crippen LogP contribution in [0.1, 0.15) is 30.6 Å². The molecule has 0 bridgehead atoms. The minimum absolute atomic E-state index is 0.264. The lowest BCUT2D eigenvalue weighted by molar-refractivity contribution is 0.00536. The molecule has 5 nitrogen and oxygen atoms in total. The molecule has 5 heteroatoms. The number of ether oxygens (including phenoxy) is 3. The molecule has 1 aromatic carbocycles. The zero-order valence-electron chi connectivity index (χ0n) is 11.9. The fourth-order valence-electron chi connectivity index (χ4n) is 1.50.